The summed E-state index contributed by atoms with van der Waals surface area (Å²) in [6, 6.07) is 16.0. The smallest absolute Gasteiger partial charge is 0.315 e. The van der Waals surface area contributed by atoms with E-state index < -0.39 is 0 Å². The molecular weight excluding hydrogens is 364 g/mol. The summed E-state index contributed by atoms with van der Waals surface area (Å²) in [5, 5.41) is 5.75. The minimum absolute atomic E-state index is 0.189. The Hall–Kier alpha value is -3.28. The van der Waals surface area contributed by atoms with Crippen molar-refractivity contribution in [2.24, 2.45) is 0 Å². The topological polar surface area (TPSA) is 70.4 Å². The zero-order chi connectivity index (χ0) is 20.2. The lowest BCUT2D eigenvalue weighted by Crippen LogP contribution is -2.36. The van der Waals surface area contributed by atoms with Crippen LogP contribution in [0.3, 0.4) is 0 Å². The van der Waals surface area contributed by atoms with Crippen LogP contribution in [0.4, 0.5) is 10.6 Å². The number of hydrogen-bond acceptors (Lipinski definition) is 4. The maximum Gasteiger partial charge on any atom is 0.315 e. The number of nitrogens with one attached hydrogen (secondary N) is 2. The third kappa shape index (κ3) is 4.59. The Morgan fingerprint density at radius 2 is 2.00 bits per heavy atom. The fourth-order valence-corrected chi connectivity index (χ4v) is 3.59. The average Bonchev–Trinajstić information content (AvgIpc) is 3.19. The minimum Gasteiger partial charge on any atom is -0.464 e. The summed E-state index contributed by atoms with van der Waals surface area (Å²) in [4.78, 5) is 19.0. The molecule has 0 radical (unpaired) electrons. The van der Waals surface area contributed by atoms with Gasteiger partial charge in [-0.25, -0.2) is 9.78 Å². The number of anilines is 1. The Balaban J connectivity index is 1.29. The number of aromatic nitrogens is 1. The fourth-order valence-electron chi connectivity index (χ4n) is 3.59. The Labute approximate surface area is 170 Å². The number of furan rings is 1. The highest BCUT2D eigenvalue weighted by Gasteiger charge is 2.17. The molecule has 0 saturated heterocycles. The number of hydrogen-bond donors (Lipinski definition) is 2. The molecule has 150 valence electrons. The lowest BCUT2D eigenvalue weighted by atomic mass is 10.00. The normalized spacial score (nSPS) is 14.2. The minimum atomic E-state index is -0.233. The quantitative estimate of drug-likeness (QED) is 0.688. The highest BCUT2D eigenvalue weighted by Crippen LogP contribution is 2.23. The molecule has 1 unspecified atom stereocenters. The molecule has 4 rings (SSSR count). The van der Waals surface area contributed by atoms with Crippen molar-refractivity contribution in [3.63, 3.8) is 0 Å². The van der Waals surface area contributed by atoms with Gasteiger partial charge in [-0.2, -0.15) is 0 Å². The number of urea groups is 1. The van der Waals surface area contributed by atoms with Gasteiger partial charge < -0.3 is 20.0 Å². The lowest BCUT2D eigenvalue weighted by Gasteiger charge is -2.29. The van der Waals surface area contributed by atoms with Gasteiger partial charge in [0.1, 0.15) is 17.3 Å². The summed E-state index contributed by atoms with van der Waals surface area (Å²) in [5.41, 5.74) is 3.75. The zero-order valence-electron chi connectivity index (χ0n) is 16.8. The number of benzene rings is 1. The van der Waals surface area contributed by atoms with Crippen LogP contribution in [-0.4, -0.2) is 17.6 Å². The third-order valence-electron chi connectivity index (χ3n) is 5.25. The first kappa shape index (κ1) is 19.1. The van der Waals surface area contributed by atoms with Gasteiger partial charge in [-0.1, -0.05) is 30.3 Å². The van der Waals surface area contributed by atoms with Crippen molar-refractivity contribution in [1.29, 1.82) is 0 Å². The number of fused-ring (bicyclic) bond motifs is 1. The van der Waals surface area contributed by atoms with E-state index >= 15 is 0 Å². The molecule has 0 bridgehead atoms. The molecule has 2 N–H and O–H groups in total. The second-order valence-electron chi connectivity index (χ2n) is 7.46. The SMILES string of the molecule is Cc1ccc(C(C)NC(=O)NCc2ccc(N3CCc4ccccc4C3)nc2)o1. The van der Waals surface area contributed by atoms with Gasteiger partial charge in [-0.15, -0.1) is 0 Å². The van der Waals surface area contributed by atoms with E-state index in [1.54, 1.807) is 0 Å². The number of aryl methyl sites for hydroxylation is 1. The molecule has 1 atom stereocenters. The van der Waals surface area contributed by atoms with Crippen molar-refractivity contribution in [1.82, 2.24) is 15.6 Å². The number of rotatable bonds is 5. The zero-order valence-corrected chi connectivity index (χ0v) is 16.8. The van der Waals surface area contributed by atoms with Gasteiger partial charge in [0.2, 0.25) is 0 Å². The molecule has 0 saturated carbocycles. The molecule has 1 aromatic carbocycles. The molecule has 0 aliphatic carbocycles. The van der Waals surface area contributed by atoms with Gasteiger partial charge in [0, 0.05) is 25.8 Å². The molecule has 29 heavy (non-hydrogen) atoms. The van der Waals surface area contributed by atoms with E-state index in [0.717, 1.165) is 42.4 Å². The summed E-state index contributed by atoms with van der Waals surface area (Å²) in [5.74, 6) is 2.54. The predicted octanol–water partition coefficient (Wildman–Crippen LogP) is 4.11. The van der Waals surface area contributed by atoms with Crippen LogP contribution < -0.4 is 15.5 Å². The lowest BCUT2D eigenvalue weighted by molar-refractivity contribution is 0.235. The molecule has 1 aliphatic rings. The van der Waals surface area contributed by atoms with Crippen LogP contribution in [0.5, 0.6) is 0 Å². The summed E-state index contributed by atoms with van der Waals surface area (Å²) in [6.45, 7) is 6.05. The predicted molar refractivity (Wildman–Crippen MR) is 113 cm³/mol. The van der Waals surface area contributed by atoms with Gasteiger partial charge >= 0.3 is 6.03 Å². The third-order valence-corrected chi connectivity index (χ3v) is 5.25. The molecule has 1 aliphatic heterocycles. The van der Waals surface area contributed by atoms with E-state index in [1.165, 1.54) is 11.1 Å². The summed E-state index contributed by atoms with van der Waals surface area (Å²) < 4.78 is 5.54. The van der Waals surface area contributed by atoms with Crippen LogP contribution in [-0.2, 0) is 19.5 Å². The highest BCUT2D eigenvalue weighted by atomic mass is 16.3. The highest BCUT2D eigenvalue weighted by molar-refractivity contribution is 5.74. The Morgan fingerprint density at radius 1 is 1.17 bits per heavy atom. The van der Waals surface area contributed by atoms with E-state index in [1.807, 2.05) is 44.3 Å². The Morgan fingerprint density at radius 3 is 2.72 bits per heavy atom. The van der Waals surface area contributed by atoms with Crippen LogP contribution in [0.25, 0.3) is 0 Å². The summed E-state index contributed by atoms with van der Waals surface area (Å²) >= 11 is 0. The first-order valence-electron chi connectivity index (χ1n) is 9.96. The van der Waals surface area contributed by atoms with Gasteiger partial charge in [-0.05, 0) is 55.2 Å². The molecule has 0 fully saturated rings. The van der Waals surface area contributed by atoms with E-state index in [2.05, 4.69) is 44.8 Å². The van der Waals surface area contributed by atoms with Crippen LogP contribution in [0.15, 0.2) is 59.1 Å². The second-order valence-corrected chi connectivity index (χ2v) is 7.46. The van der Waals surface area contributed by atoms with E-state index in [0.29, 0.717) is 6.54 Å². The number of amides is 2. The monoisotopic (exact) mass is 390 g/mol. The van der Waals surface area contributed by atoms with Gasteiger partial charge in [0.05, 0.1) is 6.04 Å². The van der Waals surface area contributed by atoms with E-state index in [-0.39, 0.29) is 12.1 Å². The van der Waals surface area contributed by atoms with Gasteiger partial charge in [-0.3, -0.25) is 0 Å². The Kier molecular flexibility index (Phi) is 5.51. The number of carbonyl (C=O) groups excluding carboxylic acids is 1. The molecule has 2 aromatic heterocycles. The average molecular weight is 390 g/mol. The summed E-state index contributed by atoms with van der Waals surface area (Å²) in [6.07, 6.45) is 2.87. The van der Waals surface area contributed by atoms with Crippen LogP contribution in [0.1, 0.15) is 41.2 Å². The fraction of sp³-hybridized carbons (Fsp3) is 0.304. The first-order chi connectivity index (χ1) is 14.1. The van der Waals surface area contributed by atoms with Gasteiger partial charge in [0.25, 0.3) is 0 Å². The number of nitrogens with zero attached hydrogens (tertiary/aromatic N) is 2. The molecule has 2 amide bonds. The first-order valence-corrected chi connectivity index (χ1v) is 9.96. The maximum atomic E-state index is 12.1. The standard InChI is InChI=1S/C23H26N4O2/c1-16-7-9-21(29-16)17(2)26-23(28)25-14-18-8-10-22(24-13-18)27-12-11-19-5-3-4-6-20(19)15-27/h3-10,13,17H,11-12,14-15H2,1-2H3,(H2,25,26,28). The van der Waals surface area contributed by atoms with E-state index in [9.17, 15) is 4.79 Å². The molecule has 0 spiro atoms. The van der Waals surface area contributed by atoms with E-state index in [4.69, 9.17) is 4.42 Å². The van der Waals surface area contributed by atoms with Crippen LogP contribution >= 0.6 is 0 Å². The summed E-state index contributed by atoms with van der Waals surface area (Å²) in [7, 11) is 0. The number of pyridine rings is 1. The number of carbonyl (C=O) groups is 1. The molecular formula is C23H26N4O2. The van der Waals surface area contributed by atoms with Crippen molar-refractivity contribution < 1.29 is 9.21 Å². The Bertz CT molecular complexity index is 981. The van der Waals surface area contributed by atoms with Crippen LogP contribution in [0, 0.1) is 6.92 Å². The molecule has 6 heteroatoms. The van der Waals surface area contributed by atoms with Crippen molar-refractivity contribution in [2.75, 3.05) is 11.4 Å². The molecule has 3 heterocycles. The largest absolute Gasteiger partial charge is 0.464 e. The maximum absolute atomic E-state index is 12.1. The van der Waals surface area contributed by atoms with Crippen molar-refractivity contribution in [3.8, 4) is 0 Å². The van der Waals surface area contributed by atoms with Crippen molar-refractivity contribution in [2.45, 2.75) is 39.4 Å². The van der Waals surface area contributed by atoms with Crippen molar-refractivity contribution >= 4 is 11.8 Å². The molecule has 6 nitrogen and oxygen atoms in total. The van der Waals surface area contributed by atoms with Crippen molar-refractivity contribution in [3.05, 3.63) is 82.9 Å². The second kappa shape index (κ2) is 8.39. The van der Waals surface area contributed by atoms with Gasteiger partial charge in [0.15, 0.2) is 0 Å². The molecule has 3 aromatic rings. The van der Waals surface area contributed by atoms with Crippen LogP contribution in [0.2, 0.25) is 0 Å².